The van der Waals surface area contributed by atoms with Crippen molar-refractivity contribution in [3.8, 4) is 0 Å². The molecular formula is C13H15Cl2N3O3. The third-order valence-corrected chi connectivity index (χ3v) is 2.89. The average molecular weight is 332 g/mol. The molecule has 0 bridgehead atoms. The summed E-state index contributed by atoms with van der Waals surface area (Å²) in [6.45, 7) is 4.15. The fraction of sp³-hybridized carbons (Fsp3) is 0.308. The fourth-order valence-corrected chi connectivity index (χ4v) is 1.78. The summed E-state index contributed by atoms with van der Waals surface area (Å²) < 4.78 is 0. The quantitative estimate of drug-likeness (QED) is 0.579. The number of hydrogen-bond acceptors (Lipinski definition) is 3. The lowest BCUT2D eigenvalue weighted by Crippen LogP contribution is -2.49. The van der Waals surface area contributed by atoms with Gasteiger partial charge in [-0.05, 0) is 24.1 Å². The molecule has 0 radical (unpaired) electrons. The van der Waals surface area contributed by atoms with Gasteiger partial charge in [-0.1, -0.05) is 37.0 Å². The number of benzene rings is 1. The molecule has 0 fully saturated rings. The molecule has 6 nitrogen and oxygen atoms in total. The zero-order valence-corrected chi connectivity index (χ0v) is 13.0. The van der Waals surface area contributed by atoms with Gasteiger partial charge in [-0.15, -0.1) is 0 Å². The van der Waals surface area contributed by atoms with Crippen molar-refractivity contribution in [3.63, 3.8) is 0 Å². The predicted molar refractivity (Wildman–Crippen MR) is 79.9 cm³/mol. The minimum absolute atomic E-state index is 0.129. The topological polar surface area (TPSA) is 87.3 Å². The molecule has 0 heterocycles. The number of carbonyl (C=O) groups is 3. The van der Waals surface area contributed by atoms with Gasteiger partial charge >= 0.3 is 11.8 Å². The van der Waals surface area contributed by atoms with Crippen molar-refractivity contribution in [2.75, 3.05) is 6.54 Å². The molecule has 1 aromatic carbocycles. The summed E-state index contributed by atoms with van der Waals surface area (Å²) in [5.41, 5.74) is 4.23. The monoisotopic (exact) mass is 331 g/mol. The van der Waals surface area contributed by atoms with E-state index in [2.05, 4.69) is 10.7 Å². The first-order chi connectivity index (χ1) is 9.81. The minimum atomic E-state index is -0.964. The lowest BCUT2D eigenvalue weighted by atomic mass is 10.2. The van der Waals surface area contributed by atoms with Gasteiger partial charge in [-0.3, -0.25) is 25.2 Å². The van der Waals surface area contributed by atoms with Crippen LogP contribution in [0.3, 0.4) is 0 Å². The SMILES string of the molecule is CC(C)CNC(=O)C(=O)NNC(=O)c1ccc(Cl)cc1Cl. The molecule has 21 heavy (non-hydrogen) atoms. The molecule has 1 aromatic rings. The Hall–Kier alpha value is -1.79. The summed E-state index contributed by atoms with van der Waals surface area (Å²) in [6, 6.07) is 4.29. The van der Waals surface area contributed by atoms with E-state index in [1.807, 2.05) is 19.3 Å². The highest BCUT2D eigenvalue weighted by Gasteiger charge is 2.16. The van der Waals surface area contributed by atoms with Crippen molar-refractivity contribution in [2.45, 2.75) is 13.8 Å². The molecule has 0 spiro atoms. The van der Waals surface area contributed by atoms with Gasteiger partial charge in [-0.25, -0.2) is 0 Å². The van der Waals surface area contributed by atoms with Gasteiger partial charge in [0.15, 0.2) is 0 Å². The Kier molecular flexibility index (Phi) is 6.45. The second kappa shape index (κ2) is 7.85. The van der Waals surface area contributed by atoms with E-state index in [1.165, 1.54) is 18.2 Å². The number of rotatable bonds is 3. The van der Waals surface area contributed by atoms with Crippen LogP contribution < -0.4 is 16.2 Å². The van der Waals surface area contributed by atoms with E-state index >= 15 is 0 Å². The minimum Gasteiger partial charge on any atom is -0.348 e. The largest absolute Gasteiger partial charge is 0.348 e. The molecule has 0 saturated carbocycles. The normalized spacial score (nSPS) is 10.1. The van der Waals surface area contributed by atoms with Crippen LogP contribution in [0, 0.1) is 5.92 Å². The van der Waals surface area contributed by atoms with Gasteiger partial charge in [0.1, 0.15) is 0 Å². The smallest absolute Gasteiger partial charge is 0.327 e. The van der Waals surface area contributed by atoms with E-state index in [4.69, 9.17) is 23.2 Å². The van der Waals surface area contributed by atoms with E-state index < -0.39 is 17.7 Å². The molecular weight excluding hydrogens is 317 g/mol. The van der Waals surface area contributed by atoms with Gasteiger partial charge in [0.05, 0.1) is 10.6 Å². The van der Waals surface area contributed by atoms with Gasteiger partial charge < -0.3 is 5.32 Å². The summed E-state index contributed by atoms with van der Waals surface area (Å²) in [4.78, 5) is 34.6. The maximum Gasteiger partial charge on any atom is 0.327 e. The molecule has 3 amide bonds. The number of nitrogens with one attached hydrogen (secondary N) is 3. The van der Waals surface area contributed by atoms with Crippen molar-refractivity contribution in [3.05, 3.63) is 33.8 Å². The van der Waals surface area contributed by atoms with Crippen LogP contribution in [-0.2, 0) is 9.59 Å². The van der Waals surface area contributed by atoms with Crippen molar-refractivity contribution in [1.29, 1.82) is 0 Å². The Labute approximate surface area is 132 Å². The van der Waals surface area contributed by atoms with Crippen molar-refractivity contribution < 1.29 is 14.4 Å². The molecule has 0 aliphatic heterocycles. The first-order valence-electron chi connectivity index (χ1n) is 6.14. The van der Waals surface area contributed by atoms with Gasteiger partial charge in [-0.2, -0.15) is 0 Å². The van der Waals surface area contributed by atoms with Crippen molar-refractivity contribution in [1.82, 2.24) is 16.2 Å². The van der Waals surface area contributed by atoms with Gasteiger partial charge in [0, 0.05) is 11.6 Å². The van der Waals surface area contributed by atoms with E-state index in [-0.39, 0.29) is 16.5 Å². The van der Waals surface area contributed by atoms with Crippen molar-refractivity contribution in [2.24, 2.45) is 5.92 Å². The van der Waals surface area contributed by atoms with Crippen LogP contribution in [-0.4, -0.2) is 24.3 Å². The Morgan fingerprint density at radius 2 is 1.76 bits per heavy atom. The van der Waals surface area contributed by atoms with Crippen LogP contribution in [0.5, 0.6) is 0 Å². The Balaban J connectivity index is 2.52. The first-order valence-corrected chi connectivity index (χ1v) is 6.90. The Morgan fingerprint density at radius 1 is 1.10 bits per heavy atom. The molecule has 0 atom stereocenters. The number of carbonyl (C=O) groups excluding carboxylic acids is 3. The lowest BCUT2D eigenvalue weighted by molar-refractivity contribution is -0.139. The van der Waals surface area contributed by atoms with E-state index in [0.29, 0.717) is 11.6 Å². The summed E-state index contributed by atoms with van der Waals surface area (Å²) in [5, 5.41) is 2.94. The third kappa shape index (κ3) is 5.61. The fourth-order valence-electron chi connectivity index (χ4n) is 1.29. The second-order valence-electron chi connectivity index (χ2n) is 4.64. The molecule has 0 aliphatic rings. The average Bonchev–Trinajstić information content (AvgIpc) is 2.41. The number of hydrogen-bond donors (Lipinski definition) is 3. The third-order valence-electron chi connectivity index (χ3n) is 2.34. The van der Waals surface area contributed by atoms with E-state index in [0.717, 1.165) is 0 Å². The molecule has 0 aromatic heterocycles. The highest BCUT2D eigenvalue weighted by atomic mass is 35.5. The highest BCUT2D eigenvalue weighted by molar-refractivity contribution is 6.37. The lowest BCUT2D eigenvalue weighted by Gasteiger charge is -2.10. The first kappa shape index (κ1) is 17.3. The van der Waals surface area contributed by atoms with Crippen LogP contribution >= 0.6 is 23.2 Å². The number of amides is 3. The molecule has 0 aliphatic carbocycles. The van der Waals surface area contributed by atoms with Crippen LogP contribution in [0.2, 0.25) is 10.0 Å². The zero-order valence-electron chi connectivity index (χ0n) is 11.5. The summed E-state index contributed by atoms with van der Waals surface area (Å²) >= 11 is 11.6. The zero-order chi connectivity index (χ0) is 16.0. The van der Waals surface area contributed by atoms with Crippen LogP contribution in [0.4, 0.5) is 0 Å². The molecule has 8 heteroatoms. The summed E-state index contributed by atoms with van der Waals surface area (Å²) in [7, 11) is 0. The Morgan fingerprint density at radius 3 is 2.33 bits per heavy atom. The second-order valence-corrected chi connectivity index (χ2v) is 5.48. The molecule has 1 rings (SSSR count). The molecule has 0 unspecified atom stereocenters. The molecule has 0 saturated heterocycles. The summed E-state index contributed by atoms with van der Waals surface area (Å²) in [5.74, 6) is -2.23. The maximum atomic E-state index is 11.8. The standard InChI is InChI=1S/C13H15Cl2N3O3/c1-7(2)6-16-12(20)13(21)18-17-11(19)9-4-3-8(14)5-10(9)15/h3-5,7H,6H2,1-2H3,(H,16,20)(H,17,19)(H,18,21). The van der Waals surface area contributed by atoms with Gasteiger partial charge in [0.2, 0.25) is 0 Å². The highest BCUT2D eigenvalue weighted by Crippen LogP contribution is 2.20. The number of hydrazine groups is 1. The summed E-state index contributed by atoms with van der Waals surface area (Å²) in [6.07, 6.45) is 0. The van der Waals surface area contributed by atoms with E-state index in [9.17, 15) is 14.4 Å². The number of halogens is 2. The molecule has 3 N–H and O–H groups in total. The van der Waals surface area contributed by atoms with Crippen LogP contribution in [0.1, 0.15) is 24.2 Å². The van der Waals surface area contributed by atoms with Crippen LogP contribution in [0.25, 0.3) is 0 Å². The Bertz CT molecular complexity index is 562. The molecule has 114 valence electrons. The van der Waals surface area contributed by atoms with Gasteiger partial charge in [0.25, 0.3) is 5.91 Å². The van der Waals surface area contributed by atoms with Crippen molar-refractivity contribution >= 4 is 40.9 Å². The van der Waals surface area contributed by atoms with Crippen LogP contribution in [0.15, 0.2) is 18.2 Å². The maximum absolute atomic E-state index is 11.8. The van der Waals surface area contributed by atoms with E-state index in [1.54, 1.807) is 0 Å². The predicted octanol–water partition coefficient (Wildman–Crippen LogP) is 1.53.